The molecule has 3 rings (SSSR count). The van der Waals surface area contributed by atoms with Crippen LogP contribution >= 0.6 is 0 Å². The average Bonchev–Trinajstić information content (AvgIpc) is 2.69. The lowest BCUT2D eigenvalue weighted by Gasteiger charge is -2.35. The zero-order valence-corrected chi connectivity index (χ0v) is 15.0. The molecule has 1 aliphatic rings. The molecule has 28 heavy (non-hydrogen) atoms. The number of carbonyl (C=O) groups is 1. The van der Waals surface area contributed by atoms with Crippen LogP contribution in [0.4, 0.5) is 20.3 Å². The number of benzene rings is 1. The molecule has 146 valence electrons. The van der Waals surface area contributed by atoms with Gasteiger partial charge in [-0.25, -0.2) is 4.98 Å². The van der Waals surface area contributed by atoms with Crippen LogP contribution in [-0.2, 0) is 4.79 Å². The van der Waals surface area contributed by atoms with Gasteiger partial charge in [-0.1, -0.05) is 12.1 Å². The van der Waals surface area contributed by atoms with Crippen molar-refractivity contribution in [1.82, 2.24) is 9.88 Å². The van der Waals surface area contributed by atoms with E-state index in [1.807, 2.05) is 9.80 Å². The minimum atomic E-state index is -2.96. The fourth-order valence-corrected chi connectivity index (χ4v) is 3.02. The molecular weight excluding hydrogens is 368 g/mol. The molecule has 0 bridgehead atoms. The number of nitrogens with zero attached hydrogens (tertiary/aromatic N) is 4. The Morgan fingerprint density at radius 1 is 1.21 bits per heavy atom. The highest BCUT2D eigenvalue weighted by Gasteiger charge is 2.22. The third-order valence-corrected chi connectivity index (χ3v) is 4.32. The number of hydrogen-bond donors (Lipinski definition) is 1. The maximum absolute atomic E-state index is 12.5. The molecule has 0 radical (unpaired) electrons. The summed E-state index contributed by atoms with van der Waals surface area (Å²) in [4.78, 5) is 20.6. The van der Waals surface area contributed by atoms with Gasteiger partial charge in [-0.15, -0.1) is 0 Å². The molecular formula is C19H19F2N5O2. The van der Waals surface area contributed by atoms with E-state index >= 15 is 0 Å². The molecule has 0 spiro atoms. The topological polar surface area (TPSA) is 81.5 Å². The van der Waals surface area contributed by atoms with Gasteiger partial charge in [-0.2, -0.15) is 14.0 Å². The Balaban J connectivity index is 1.54. The second-order valence-corrected chi connectivity index (χ2v) is 6.17. The van der Waals surface area contributed by atoms with Gasteiger partial charge in [0.25, 0.3) is 0 Å². The van der Waals surface area contributed by atoms with Crippen LogP contribution in [0.1, 0.15) is 5.56 Å². The SMILES string of the molecule is N#Cc1cccnc1N1CCN(CC(=O)Nc2ccccc2OC(F)F)CC1. The first kappa shape index (κ1) is 19.5. The van der Waals surface area contributed by atoms with Gasteiger partial charge in [0.05, 0.1) is 17.8 Å². The van der Waals surface area contributed by atoms with E-state index < -0.39 is 6.61 Å². The predicted octanol–water partition coefficient (Wildman–Crippen LogP) is 2.32. The minimum Gasteiger partial charge on any atom is -0.433 e. The van der Waals surface area contributed by atoms with Crippen molar-refractivity contribution in [3.05, 3.63) is 48.2 Å². The molecule has 1 aliphatic heterocycles. The van der Waals surface area contributed by atoms with Crippen molar-refractivity contribution in [2.24, 2.45) is 0 Å². The molecule has 1 aromatic heterocycles. The van der Waals surface area contributed by atoms with Crippen molar-refractivity contribution in [1.29, 1.82) is 5.26 Å². The standard InChI is InChI=1S/C19H19F2N5O2/c20-19(21)28-16-6-2-1-5-15(16)24-17(27)13-25-8-10-26(11-9-25)18-14(12-22)4-3-7-23-18/h1-7,19H,8-11,13H2,(H,24,27). The Morgan fingerprint density at radius 2 is 1.96 bits per heavy atom. The number of alkyl halides is 2. The highest BCUT2D eigenvalue weighted by atomic mass is 19.3. The Morgan fingerprint density at radius 3 is 2.68 bits per heavy atom. The van der Waals surface area contributed by atoms with Gasteiger partial charge in [0.2, 0.25) is 5.91 Å². The molecule has 9 heteroatoms. The summed E-state index contributed by atoms with van der Waals surface area (Å²) in [5, 5.41) is 11.8. The van der Waals surface area contributed by atoms with E-state index in [4.69, 9.17) is 0 Å². The van der Waals surface area contributed by atoms with Gasteiger partial charge < -0.3 is 15.0 Å². The molecule has 0 aliphatic carbocycles. The van der Waals surface area contributed by atoms with Crippen molar-refractivity contribution in [2.75, 3.05) is 42.9 Å². The summed E-state index contributed by atoms with van der Waals surface area (Å²) in [6.45, 7) is -0.345. The number of amides is 1. The van der Waals surface area contributed by atoms with Crippen LogP contribution in [0.25, 0.3) is 0 Å². The molecule has 1 N–H and O–H groups in total. The van der Waals surface area contributed by atoms with Gasteiger partial charge in [-0.3, -0.25) is 9.69 Å². The largest absolute Gasteiger partial charge is 0.433 e. The zero-order valence-electron chi connectivity index (χ0n) is 15.0. The number of carbonyl (C=O) groups excluding carboxylic acids is 1. The molecule has 2 heterocycles. The Labute approximate surface area is 161 Å². The summed E-state index contributed by atoms with van der Waals surface area (Å²) >= 11 is 0. The first-order valence-electron chi connectivity index (χ1n) is 8.73. The van der Waals surface area contributed by atoms with Crippen LogP contribution in [0.5, 0.6) is 5.75 Å². The Bertz CT molecular complexity index is 863. The lowest BCUT2D eigenvalue weighted by molar-refractivity contribution is -0.117. The summed E-state index contributed by atoms with van der Waals surface area (Å²) in [5.41, 5.74) is 0.725. The van der Waals surface area contributed by atoms with Gasteiger partial charge >= 0.3 is 6.61 Å². The lowest BCUT2D eigenvalue weighted by atomic mass is 10.2. The van der Waals surface area contributed by atoms with Crippen LogP contribution in [0.3, 0.4) is 0 Å². The summed E-state index contributed by atoms with van der Waals surface area (Å²) in [7, 11) is 0. The molecule has 1 aromatic carbocycles. The Kier molecular flexibility index (Phi) is 6.34. The summed E-state index contributed by atoms with van der Waals surface area (Å²) in [6, 6.07) is 11.7. The minimum absolute atomic E-state index is 0.0742. The molecule has 0 saturated carbocycles. The second kappa shape index (κ2) is 9.10. The van der Waals surface area contributed by atoms with Crippen molar-refractivity contribution < 1.29 is 18.3 Å². The average molecular weight is 387 g/mol. The third-order valence-electron chi connectivity index (χ3n) is 4.32. The van der Waals surface area contributed by atoms with Gasteiger partial charge in [-0.05, 0) is 24.3 Å². The summed E-state index contributed by atoms with van der Waals surface area (Å²) < 4.78 is 29.4. The fourth-order valence-electron chi connectivity index (χ4n) is 3.02. The molecule has 7 nitrogen and oxygen atoms in total. The van der Waals surface area contributed by atoms with Crippen molar-refractivity contribution in [3.63, 3.8) is 0 Å². The second-order valence-electron chi connectivity index (χ2n) is 6.17. The summed E-state index contributed by atoms with van der Waals surface area (Å²) in [5.74, 6) is 0.261. The molecule has 2 aromatic rings. The number of nitrogens with one attached hydrogen (secondary N) is 1. The lowest BCUT2D eigenvalue weighted by Crippen LogP contribution is -2.49. The molecule has 1 saturated heterocycles. The number of piperazine rings is 1. The van der Waals surface area contributed by atoms with Gasteiger partial charge in [0, 0.05) is 32.4 Å². The number of anilines is 2. The van der Waals surface area contributed by atoms with Crippen molar-refractivity contribution in [3.8, 4) is 11.8 Å². The number of halogens is 2. The van der Waals surface area contributed by atoms with E-state index in [0.717, 1.165) is 0 Å². The van der Waals surface area contributed by atoms with Crippen molar-refractivity contribution >= 4 is 17.4 Å². The van der Waals surface area contributed by atoms with Crippen LogP contribution in [-0.4, -0.2) is 55.1 Å². The number of ether oxygens (including phenoxy) is 1. The van der Waals surface area contributed by atoms with E-state index in [2.05, 4.69) is 21.1 Å². The van der Waals surface area contributed by atoms with Gasteiger partial charge in [0.1, 0.15) is 17.6 Å². The monoisotopic (exact) mass is 387 g/mol. The predicted molar refractivity (Wildman–Crippen MR) is 99.3 cm³/mol. The molecule has 0 unspecified atom stereocenters. The first-order chi connectivity index (χ1) is 13.6. The highest BCUT2D eigenvalue weighted by Crippen LogP contribution is 2.25. The maximum Gasteiger partial charge on any atom is 0.387 e. The number of aromatic nitrogens is 1. The number of rotatable bonds is 6. The van der Waals surface area contributed by atoms with Crippen molar-refractivity contribution in [2.45, 2.75) is 6.61 Å². The van der Waals surface area contributed by atoms with Crippen LogP contribution in [0, 0.1) is 11.3 Å². The fraction of sp³-hybridized carbons (Fsp3) is 0.316. The number of para-hydroxylation sites is 2. The number of nitriles is 1. The normalized spacial score (nSPS) is 14.6. The first-order valence-corrected chi connectivity index (χ1v) is 8.73. The van der Waals surface area contributed by atoms with E-state index in [0.29, 0.717) is 37.6 Å². The number of hydrogen-bond acceptors (Lipinski definition) is 6. The molecule has 1 amide bonds. The van der Waals surface area contributed by atoms with Crippen LogP contribution < -0.4 is 15.0 Å². The Hall–Kier alpha value is -3.25. The van der Waals surface area contributed by atoms with E-state index in [1.165, 1.54) is 12.1 Å². The third kappa shape index (κ3) is 4.92. The van der Waals surface area contributed by atoms with Crippen LogP contribution in [0.15, 0.2) is 42.6 Å². The quantitative estimate of drug-likeness (QED) is 0.819. The molecule has 1 fully saturated rings. The van der Waals surface area contributed by atoms with E-state index in [-0.39, 0.29) is 23.9 Å². The van der Waals surface area contributed by atoms with E-state index in [9.17, 15) is 18.8 Å². The maximum atomic E-state index is 12.5. The smallest absolute Gasteiger partial charge is 0.387 e. The number of pyridine rings is 1. The van der Waals surface area contributed by atoms with E-state index in [1.54, 1.807) is 30.5 Å². The van der Waals surface area contributed by atoms with Crippen LogP contribution in [0.2, 0.25) is 0 Å². The zero-order chi connectivity index (χ0) is 19.9. The highest BCUT2D eigenvalue weighted by molar-refractivity contribution is 5.93. The van der Waals surface area contributed by atoms with Gasteiger partial charge in [0.15, 0.2) is 0 Å². The molecule has 0 atom stereocenters. The summed E-state index contributed by atoms with van der Waals surface area (Å²) in [6.07, 6.45) is 1.65.